The molecule has 4 rings (SSSR count). The smallest absolute Gasteiger partial charge is 0.228 e. The number of pyridine rings is 2. The van der Waals surface area contributed by atoms with Crippen LogP contribution in [-0.2, 0) is 23.7 Å². The summed E-state index contributed by atoms with van der Waals surface area (Å²) in [6.07, 6.45) is 6.05. The van der Waals surface area contributed by atoms with Gasteiger partial charge >= 0.3 is 0 Å². The number of nitrogens with zero attached hydrogens (tertiary/aromatic N) is 4. The molecule has 3 aromatic rings. The number of carbonyl (C=O) groups excluding carboxylic acids is 1. The zero-order valence-electron chi connectivity index (χ0n) is 14.7. The van der Waals surface area contributed by atoms with Crippen LogP contribution in [0.4, 0.5) is 0 Å². The Hall–Kier alpha value is -2.76. The molecule has 1 aliphatic rings. The molecule has 3 aromatic heterocycles. The highest BCUT2D eigenvalue weighted by Gasteiger charge is 2.50. The highest BCUT2D eigenvalue weighted by molar-refractivity contribution is 5.90. The molecule has 1 saturated carbocycles. The molecule has 0 aromatic carbocycles. The Morgan fingerprint density at radius 3 is 2.68 bits per heavy atom. The molecule has 0 bridgehead atoms. The topological polar surface area (TPSA) is 86.7 Å². The summed E-state index contributed by atoms with van der Waals surface area (Å²) in [7, 11) is 1.95. The van der Waals surface area contributed by atoms with E-state index < -0.39 is 5.41 Å². The van der Waals surface area contributed by atoms with Gasteiger partial charge < -0.3 is 10.3 Å². The third kappa shape index (κ3) is 2.32. The van der Waals surface area contributed by atoms with E-state index in [9.17, 15) is 4.79 Å². The maximum Gasteiger partial charge on any atom is 0.228 e. The second-order valence-corrected chi connectivity index (χ2v) is 6.88. The van der Waals surface area contributed by atoms with Gasteiger partial charge in [-0.05, 0) is 48.9 Å². The Morgan fingerprint density at radius 2 is 2.04 bits per heavy atom. The van der Waals surface area contributed by atoms with Gasteiger partial charge in [-0.2, -0.15) is 0 Å². The summed E-state index contributed by atoms with van der Waals surface area (Å²) in [4.78, 5) is 25.7. The van der Waals surface area contributed by atoms with Gasteiger partial charge in [0.2, 0.25) is 5.91 Å². The molecule has 0 saturated heterocycles. The first kappa shape index (κ1) is 15.7. The van der Waals surface area contributed by atoms with Crippen LogP contribution in [0.15, 0.2) is 24.5 Å². The summed E-state index contributed by atoms with van der Waals surface area (Å²) in [6, 6.07) is 4.09. The van der Waals surface area contributed by atoms with Gasteiger partial charge in [-0.15, -0.1) is 0 Å². The molecular weight excluding hydrogens is 314 g/mol. The monoisotopic (exact) mass is 335 g/mol. The van der Waals surface area contributed by atoms with Crippen LogP contribution in [0.2, 0.25) is 0 Å². The third-order valence-electron chi connectivity index (χ3n) is 5.18. The maximum absolute atomic E-state index is 11.8. The van der Waals surface area contributed by atoms with Crippen molar-refractivity contribution in [1.29, 1.82) is 0 Å². The molecule has 1 aliphatic carbocycles. The fourth-order valence-electron chi connectivity index (χ4n) is 3.43. The van der Waals surface area contributed by atoms with Crippen LogP contribution >= 0.6 is 0 Å². The van der Waals surface area contributed by atoms with Crippen LogP contribution in [0.5, 0.6) is 0 Å². The van der Waals surface area contributed by atoms with Crippen molar-refractivity contribution >= 4 is 17.1 Å². The highest BCUT2D eigenvalue weighted by Crippen LogP contribution is 2.48. The molecule has 0 radical (unpaired) electrons. The number of imidazole rings is 1. The molecule has 3 heterocycles. The van der Waals surface area contributed by atoms with Crippen molar-refractivity contribution in [2.75, 3.05) is 0 Å². The summed E-state index contributed by atoms with van der Waals surface area (Å²) in [6.45, 7) is 4.09. The maximum atomic E-state index is 11.8. The molecule has 0 spiro atoms. The number of hydrogen-bond acceptors (Lipinski definition) is 4. The van der Waals surface area contributed by atoms with Crippen LogP contribution in [-0.4, -0.2) is 25.4 Å². The zero-order valence-corrected chi connectivity index (χ0v) is 14.7. The second-order valence-electron chi connectivity index (χ2n) is 6.88. The van der Waals surface area contributed by atoms with Crippen molar-refractivity contribution < 1.29 is 4.79 Å². The van der Waals surface area contributed by atoms with Crippen LogP contribution < -0.4 is 5.73 Å². The molecule has 0 aliphatic heterocycles. The number of fused-ring (bicyclic) bond motifs is 1. The lowest BCUT2D eigenvalue weighted by molar-refractivity contribution is -0.120. The first-order chi connectivity index (χ1) is 12.0. The van der Waals surface area contributed by atoms with E-state index in [4.69, 9.17) is 10.7 Å². The number of carbonyl (C=O) groups is 1. The lowest BCUT2D eigenvalue weighted by Gasteiger charge is -2.14. The fraction of sp³-hybridized carbons (Fsp3) is 0.368. The van der Waals surface area contributed by atoms with E-state index in [0.29, 0.717) is 0 Å². The van der Waals surface area contributed by atoms with E-state index in [-0.39, 0.29) is 5.91 Å². The van der Waals surface area contributed by atoms with Gasteiger partial charge in [0.25, 0.3) is 0 Å². The highest BCUT2D eigenvalue weighted by atomic mass is 16.1. The van der Waals surface area contributed by atoms with Gasteiger partial charge in [0, 0.05) is 19.4 Å². The molecule has 0 atom stereocenters. The summed E-state index contributed by atoms with van der Waals surface area (Å²) >= 11 is 0. The van der Waals surface area contributed by atoms with E-state index in [2.05, 4.69) is 23.0 Å². The van der Waals surface area contributed by atoms with Crippen molar-refractivity contribution in [1.82, 2.24) is 19.5 Å². The van der Waals surface area contributed by atoms with E-state index in [1.165, 1.54) is 0 Å². The van der Waals surface area contributed by atoms with Gasteiger partial charge in [-0.3, -0.25) is 9.78 Å². The fourth-order valence-corrected chi connectivity index (χ4v) is 3.43. The van der Waals surface area contributed by atoms with E-state index in [1.807, 2.05) is 30.8 Å². The Morgan fingerprint density at radius 1 is 1.28 bits per heavy atom. The average molecular weight is 335 g/mol. The van der Waals surface area contributed by atoms with Crippen molar-refractivity contribution in [3.8, 4) is 11.5 Å². The van der Waals surface area contributed by atoms with Crippen LogP contribution in [0.3, 0.4) is 0 Å². The quantitative estimate of drug-likeness (QED) is 0.793. The molecule has 6 heteroatoms. The molecule has 25 heavy (non-hydrogen) atoms. The lowest BCUT2D eigenvalue weighted by atomic mass is 9.94. The minimum Gasteiger partial charge on any atom is -0.369 e. The third-order valence-corrected chi connectivity index (χ3v) is 5.18. The summed E-state index contributed by atoms with van der Waals surface area (Å²) in [5.74, 6) is 0.534. The predicted molar refractivity (Wildman–Crippen MR) is 96.0 cm³/mol. The Labute approximate surface area is 146 Å². The van der Waals surface area contributed by atoms with E-state index in [1.54, 1.807) is 6.20 Å². The van der Waals surface area contributed by atoms with E-state index in [0.717, 1.165) is 58.6 Å². The predicted octanol–water partition coefficient (Wildman–Crippen LogP) is 2.42. The first-order valence-corrected chi connectivity index (χ1v) is 8.55. The van der Waals surface area contributed by atoms with Gasteiger partial charge in [0.15, 0.2) is 11.5 Å². The molecule has 1 fully saturated rings. The minimum atomic E-state index is -0.513. The lowest BCUT2D eigenvalue weighted by Crippen LogP contribution is -2.28. The Bertz CT molecular complexity index is 1000. The number of aryl methyl sites for hydroxylation is 3. The number of aromatic nitrogens is 4. The molecule has 1 amide bonds. The zero-order chi connectivity index (χ0) is 17.8. The average Bonchev–Trinajstić information content (AvgIpc) is 3.35. The molecule has 0 unspecified atom stereocenters. The normalized spacial score (nSPS) is 15.5. The first-order valence-electron chi connectivity index (χ1n) is 8.55. The van der Waals surface area contributed by atoms with E-state index >= 15 is 0 Å². The largest absolute Gasteiger partial charge is 0.369 e. The van der Waals surface area contributed by atoms with Crippen LogP contribution in [0, 0.1) is 6.92 Å². The Balaban J connectivity index is 1.86. The van der Waals surface area contributed by atoms with Crippen molar-refractivity contribution in [2.45, 2.75) is 38.5 Å². The van der Waals surface area contributed by atoms with Crippen molar-refractivity contribution in [3.05, 3.63) is 41.2 Å². The molecule has 6 nitrogen and oxygen atoms in total. The minimum absolute atomic E-state index is 0.258. The standard InChI is InChI=1S/C19H21N5O/c1-4-12-8-13(19(5-6-19)18(20)25)10-21-15(12)17-23-14-7-11(2)9-22-16(14)24(17)3/h7-10H,4-6H2,1-3H3,(H2,20,25). The molecule has 2 N–H and O–H groups in total. The summed E-state index contributed by atoms with van der Waals surface area (Å²) in [5.41, 5.74) is 10.7. The van der Waals surface area contributed by atoms with Crippen molar-refractivity contribution in [3.63, 3.8) is 0 Å². The molecule has 128 valence electrons. The summed E-state index contributed by atoms with van der Waals surface area (Å²) in [5, 5.41) is 0. The number of rotatable bonds is 4. The van der Waals surface area contributed by atoms with Crippen LogP contribution in [0.1, 0.15) is 36.5 Å². The number of nitrogens with two attached hydrogens (primary N) is 1. The number of hydrogen-bond donors (Lipinski definition) is 1. The summed E-state index contributed by atoms with van der Waals surface area (Å²) < 4.78 is 1.97. The number of primary amides is 1. The number of amides is 1. The van der Waals surface area contributed by atoms with Gasteiger partial charge in [0.05, 0.1) is 5.41 Å². The van der Waals surface area contributed by atoms with Crippen LogP contribution in [0.25, 0.3) is 22.7 Å². The Kier molecular flexibility index (Phi) is 3.39. The SMILES string of the molecule is CCc1cc(C2(C(N)=O)CC2)cnc1-c1nc2cc(C)cnc2n1C. The van der Waals surface area contributed by atoms with Gasteiger partial charge in [-0.25, -0.2) is 9.97 Å². The van der Waals surface area contributed by atoms with Gasteiger partial charge in [0.1, 0.15) is 11.2 Å². The van der Waals surface area contributed by atoms with Gasteiger partial charge in [-0.1, -0.05) is 13.0 Å². The van der Waals surface area contributed by atoms with Crippen molar-refractivity contribution in [2.24, 2.45) is 12.8 Å². The second kappa shape index (κ2) is 5.37. The molecular formula is C19H21N5O.